The van der Waals surface area contributed by atoms with Gasteiger partial charge in [-0.1, -0.05) is 32.0 Å². The fourth-order valence-corrected chi connectivity index (χ4v) is 2.38. The largest absolute Gasteiger partial charge is 0.493 e. The number of ether oxygens (including phenoxy) is 1. The number of carbonyl (C=O) groups excluding carboxylic acids is 1. The Labute approximate surface area is 108 Å². The number of benzene rings is 1. The molecule has 1 aromatic carbocycles. The smallest absolute Gasteiger partial charge is 0.150 e. The van der Waals surface area contributed by atoms with Crippen LogP contribution >= 0.6 is 0 Å². The van der Waals surface area contributed by atoms with E-state index in [1.54, 1.807) is 0 Å². The summed E-state index contributed by atoms with van der Waals surface area (Å²) in [5.74, 6) is 1.53. The zero-order valence-electron chi connectivity index (χ0n) is 11.1. The van der Waals surface area contributed by atoms with Crippen molar-refractivity contribution in [3.63, 3.8) is 0 Å². The zero-order chi connectivity index (χ0) is 13.1. The van der Waals surface area contributed by atoms with E-state index in [0.717, 1.165) is 17.7 Å². The average Bonchev–Trinajstić information content (AvgIpc) is 2.38. The summed E-state index contributed by atoms with van der Waals surface area (Å²) in [5, 5.41) is 0. The number of Topliss-reactive ketones (excluding diaryl/α,β-unsaturated/α-hetero) is 1. The van der Waals surface area contributed by atoms with Crippen molar-refractivity contribution in [3.05, 3.63) is 29.8 Å². The Hall–Kier alpha value is -1.35. The maximum Gasteiger partial charge on any atom is 0.150 e. The number of para-hydroxylation sites is 1. The Morgan fingerprint density at radius 3 is 2.89 bits per heavy atom. The first-order valence-corrected chi connectivity index (χ1v) is 6.59. The fourth-order valence-electron chi connectivity index (χ4n) is 2.38. The van der Waals surface area contributed by atoms with Crippen LogP contribution in [0.25, 0.3) is 0 Å². The van der Waals surface area contributed by atoms with Gasteiger partial charge < -0.3 is 10.5 Å². The van der Waals surface area contributed by atoms with Crippen molar-refractivity contribution in [2.24, 2.45) is 11.7 Å². The minimum atomic E-state index is -0.347. The third kappa shape index (κ3) is 2.72. The zero-order valence-corrected chi connectivity index (χ0v) is 11.1. The summed E-state index contributed by atoms with van der Waals surface area (Å²) in [6.07, 6.45) is 1.42. The van der Waals surface area contributed by atoms with E-state index in [1.807, 2.05) is 38.1 Å². The molecule has 1 aromatic rings. The van der Waals surface area contributed by atoms with E-state index < -0.39 is 0 Å². The molecular weight excluding hydrogens is 226 g/mol. The summed E-state index contributed by atoms with van der Waals surface area (Å²) >= 11 is 0. The van der Waals surface area contributed by atoms with Gasteiger partial charge in [0.15, 0.2) is 0 Å². The second-order valence-corrected chi connectivity index (χ2v) is 5.31. The molecular formula is C15H21NO2. The number of nitrogens with two attached hydrogens (primary N) is 1. The summed E-state index contributed by atoms with van der Waals surface area (Å²) in [6.45, 7) is 4.66. The summed E-state index contributed by atoms with van der Waals surface area (Å²) in [6, 6.07) is 7.62. The summed E-state index contributed by atoms with van der Waals surface area (Å²) in [5.41, 5.74) is 7.06. The maximum atomic E-state index is 12.1. The molecule has 2 rings (SSSR count). The second kappa shape index (κ2) is 5.53. The second-order valence-electron chi connectivity index (χ2n) is 5.31. The first-order valence-electron chi connectivity index (χ1n) is 6.59. The van der Waals surface area contributed by atoms with Crippen LogP contribution in [0.3, 0.4) is 0 Å². The molecule has 2 N–H and O–H groups in total. The number of carbonyl (C=O) groups is 1. The molecule has 1 aliphatic heterocycles. The molecule has 0 saturated heterocycles. The highest BCUT2D eigenvalue weighted by atomic mass is 16.5. The van der Waals surface area contributed by atoms with Gasteiger partial charge in [-0.25, -0.2) is 0 Å². The number of ketones is 1. The summed E-state index contributed by atoms with van der Waals surface area (Å²) in [7, 11) is 0. The predicted octanol–water partition coefficient (Wildman–Crippen LogP) is 2.50. The van der Waals surface area contributed by atoms with E-state index in [-0.39, 0.29) is 23.7 Å². The van der Waals surface area contributed by atoms with E-state index in [2.05, 4.69) is 0 Å². The number of hydrogen-bond acceptors (Lipinski definition) is 3. The van der Waals surface area contributed by atoms with Gasteiger partial charge in [-0.15, -0.1) is 0 Å². The molecule has 98 valence electrons. The third-order valence-electron chi connectivity index (χ3n) is 3.62. The fraction of sp³-hybridized carbons (Fsp3) is 0.533. The van der Waals surface area contributed by atoms with Gasteiger partial charge in [-0.05, 0) is 29.9 Å². The first kappa shape index (κ1) is 13.1. The van der Waals surface area contributed by atoms with Crippen molar-refractivity contribution in [1.29, 1.82) is 0 Å². The molecule has 2 atom stereocenters. The standard InChI is InChI=1S/C15H21NO2/c1-10(2)15(16)13(17)9-11-7-8-18-14-6-4-3-5-12(11)14/h3-6,10-11,15H,7-9,16H2,1-2H3. The van der Waals surface area contributed by atoms with Crippen molar-refractivity contribution < 1.29 is 9.53 Å². The van der Waals surface area contributed by atoms with Crippen LogP contribution in [0.15, 0.2) is 24.3 Å². The van der Waals surface area contributed by atoms with E-state index >= 15 is 0 Å². The van der Waals surface area contributed by atoms with Crippen molar-refractivity contribution >= 4 is 5.78 Å². The molecule has 3 heteroatoms. The van der Waals surface area contributed by atoms with Crippen LogP contribution in [-0.4, -0.2) is 18.4 Å². The third-order valence-corrected chi connectivity index (χ3v) is 3.62. The Kier molecular flexibility index (Phi) is 4.02. The van der Waals surface area contributed by atoms with Gasteiger partial charge in [0.2, 0.25) is 0 Å². The Bertz CT molecular complexity index is 428. The Morgan fingerprint density at radius 1 is 1.44 bits per heavy atom. The molecule has 2 unspecified atom stereocenters. The van der Waals surface area contributed by atoms with Crippen LogP contribution in [-0.2, 0) is 4.79 Å². The highest BCUT2D eigenvalue weighted by Gasteiger charge is 2.26. The van der Waals surface area contributed by atoms with Crippen molar-refractivity contribution in [2.75, 3.05) is 6.61 Å². The van der Waals surface area contributed by atoms with Crippen molar-refractivity contribution in [1.82, 2.24) is 0 Å². The van der Waals surface area contributed by atoms with E-state index in [1.165, 1.54) is 0 Å². The van der Waals surface area contributed by atoms with Crippen LogP contribution in [0.1, 0.15) is 38.2 Å². The molecule has 0 radical (unpaired) electrons. The van der Waals surface area contributed by atoms with Gasteiger partial charge in [0.1, 0.15) is 11.5 Å². The van der Waals surface area contributed by atoms with Gasteiger partial charge in [-0.2, -0.15) is 0 Å². The Balaban J connectivity index is 2.10. The molecule has 1 aliphatic rings. The number of fused-ring (bicyclic) bond motifs is 1. The Morgan fingerprint density at radius 2 is 2.17 bits per heavy atom. The molecule has 3 nitrogen and oxygen atoms in total. The van der Waals surface area contributed by atoms with Crippen molar-refractivity contribution in [3.8, 4) is 5.75 Å². The molecule has 0 saturated carbocycles. The molecule has 0 amide bonds. The molecule has 0 fully saturated rings. The molecule has 0 spiro atoms. The lowest BCUT2D eigenvalue weighted by molar-refractivity contribution is -0.121. The van der Waals surface area contributed by atoms with Crippen LogP contribution in [0, 0.1) is 5.92 Å². The number of hydrogen-bond donors (Lipinski definition) is 1. The lowest BCUT2D eigenvalue weighted by atomic mass is 9.85. The lowest BCUT2D eigenvalue weighted by Gasteiger charge is -2.26. The molecule has 0 aromatic heterocycles. The molecule has 0 aliphatic carbocycles. The molecule has 18 heavy (non-hydrogen) atoms. The minimum Gasteiger partial charge on any atom is -0.493 e. The highest BCUT2D eigenvalue weighted by Crippen LogP contribution is 2.35. The van der Waals surface area contributed by atoms with Crippen molar-refractivity contribution in [2.45, 2.75) is 38.6 Å². The summed E-state index contributed by atoms with van der Waals surface area (Å²) < 4.78 is 5.60. The van der Waals surface area contributed by atoms with Crippen LogP contribution < -0.4 is 10.5 Å². The quantitative estimate of drug-likeness (QED) is 0.889. The topological polar surface area (TPSA) is 52.3 Å². The van der Waals surface area contributed by atoms with Crippen LogP contribution in [0.2, 0.25) is 0 Å². The van der Waals surface area contributed by atoms with Gasteiger partial charge in [0.25, 0.3) is 0 Å². The van der Waals surface area contributed by atoms with Gasteiger partial charge in [0.05, 0.1) is 12.6 Å². The monoisotopic (exact) mass is 247 g/mol. The van der Waals surface area contributed by atoms with Gasteiger partial charge in [0, 0.05) is 6.42 Å². The van der Waals surface area contributed by atoms with Gasteiger partial charge >= 0.3 is 0 Å². The summed E-state index contributed by atoms with van der Waals surface area (Å²) in [4.78, 5) is 12.1. The van der Waals surface area contributed by atoms with Gasteiger partial charge in [-0.3, -0.25) is 4.79 Å². The lowest BCUT2D eigenvalue weighted by Crippen LogP contribution is -2.36. The minimum absolute atomic E-state index is 0.159. The van der Waals surface area contributed by atoms with Crippen LogP contribution in [0.4, 0.5) is 0 Å². The SMILES string of the molecule is CC(C)C(N)C(=O)CC1CCOc2ccccc21. The maximum absolute atomic E-state index is 12.1. The molecule has 0 bridgehead atoms. The van der Waals surface area contributed by atoms with E-state index in [4.69, 9.17) is 10.5 Å². The predicted molar refractivity (Wildman–Crippen MR) is 71.7 cm³/mol. The highest BCUT2D eigenvalue weighted by molar-refractivity contribution is 5.84. The number of rotatable bonds is 4. The van der Waals surface area contributed by atoms with E-state index in [9.17, 15) is 4.79 Å². The van der Waals surface area contributed by atoms with Crippen LogP contribution in [0.5, 0.6) is 5.75 Å². The normalized spacial score (nSPS) is 20.1. The molecule has 1 heterocycles. The average molecular weight is 247 g/mol. The van der Waals surface area contributed by atoms with E-state index in [0.29, 0.717) is 13.0 Å². The first-order chi connectivity index (χ1) is 8.59.